The first-order chi connectivity index (χ1) is 15.4. The Morgan fingerprint density at radius 2 is 1.62 bits per heavy atom. The summed E-state index contributed by atoms with van der Waals surface area (Å²) in [6.45, 7) is 0. The van der Waals surface area contributed by atoms with Gasteiger partial charge in [-0.05, 0) is 42.2 Å². The third-order valence-electron chi connectivity index (χ3n) is 6.97. The number of aromatic nitrogens is 1. The quantitative estimate of drug-likeness (QED) is 0.400. The van der Waals surface area contributed by atoms with E-state index in [-0.39, 0.29) is 0 Å². The lowest BCUT2D eigenvalue weighted by molar-refractivity contribution is -0.160. The first-order valence-corrected chi connectivity index (χ1v) is 11.4. The van der Waals surface area contributed by atoms with E-state index in [1.807, 2.05) is 79.8 Å². The second-order valence-electron chi connectivity index (χ2n) is 8.37. The molecule has 1 aliphatic rings. The number of rotatable bonds is 3. The van der Waals surface area contributed by atoms with E-state index in [4.69, 9.17) is 4.74 Å². The van der Waals surface area contributed by atoms with Crippen LogP contribution in [-0.2, 0) is 34.0 Å². The fourth-order valence-corrected chi connectivity index (χ4v) is 5.81. The molecule has 0 bridgehead atoms. The molecule has 162 valence electrons. The van der Waals surface area contributed by atoms with Gasteiger partial charge in [0.2, 0.25) is 0 Å². The molecule has 0 amide bonds. The molecule has 3 aromatic carbocycles. The van der Waals surface area contributed by atoms with Crippen LogP contribution >= 0.6 is 15.9 Å². The Hall–Kier alpha value is -2.89. The van der Waals surface area contributed by atoms with E-state index < -0.39 is 17.0 Å². The molecule has 0 fully saturated rings. The largest absolute Gasteiger partial charge is 0.468 e. The second kappa shape index (κ2) is 7.61. The zero-order valence-electron chi connectivity index (χ0n) is 18.0. The molecule has 1 aliphatic carbocycles. The Balaban J connectivity index is 1.99. The summed E-state index contributed by atoms with van der Waals surface area (Å²) < 4.78 is 8.54. The van der Waals surface area contributed by atoms with Gasteiger partial charge in [0, 0.05) is 33.7 Å². The van der Waals surface area contributed by atoms with Crippen molar-refractivity contribution in [3.63, 3.8) is 0 Å². The fraction of sp³-hybridized carbons (Fsp3) is 0.222. The molecule has 1 N–H and O–H groups in total. The van der Waals surface area contributed by atoms with E-state index in [0.29, 0.717) is 24.0 Å². The van der Waals surface area contributed by atoms with E-state index >= 15 is 0 Å². The molecule has 2 unspecified atom stereocenters. The SMILES string of the molecule is COC(=O)C1(c2ccc(Br)cc2)c2c(n(C)c3ccccc23)CCC1(O)c1ccccc1. The van der Waals surface area contributed by atoms with Crippen LogP contribution in [0.5, 0.6) is 0 Å². The van der Waals surface area contributed by atoms with Crippen LogP contribution in [0.1, 0.15) is 28.8 Å². The highest BCUT2D eigenvalue weighted by Crippen LogP contribution is 2.57. The summed E-state index contributed by atoms with van der Waals surface area (Å²) in [7, 11) is 3.42. The number of carbonyl (C=O) groups excluding carboxylic acids is 1. The maximum Gasteiger partial charge on any atom is 0.324 e. The van der Waals surface area contributed by atoms with Crippen LogP contribution < -0.4 is 0 Å². The predicted molar refractivity (Wildman–Crippen MR) is 129 cm³/mol. The van der Waals surface area contributed by atoms with Gasteiger partial charge in [-0.2, -0.15) is 0 Å². The van der Waals surface area contributed by atoms with Crippen molar-refractivity contribution in [2.45, 2.75) is 23.9 Å². The van der Waals surface area contributed by atoms with E-state index in [9.17, 15) is 9.90 Å². The minimum absolute atomic E-state index is 0.388. The third-order valence-corrected chi connectivity index (χ3v) is 7.50. The van der Waals surface area contributed by atoms with Crippen LogP contribution in [0.3, 0.4) is 0 Å². The van der Waals surface area contributed by atoms with Gasteiger partial charge in [0.15, 0.2) is 5.41 Å². The zero-order valence-corrected chi connectivity index (χ0v) is 19.6. The number of fused-ring (bicyclic) bond motifs is 3. The summed E-state index contributed by atoms with van der Waals surface area (Å²) in [5.41, 5.74) is 1.37. The Bertz CT molecular complexity index is 1310. The Labute approximate surface area is 195 Å². The Kier molecular flexibility index (Phi) is 4.99. The summed E-state index contributed by atoms with van der Waals surface area (Å²) in [5, 5.41) is 13.5. The standard InChI is InChI=1S/C27H24BrNO3/c1-29-22-11-7-6-10-21(22)24-23(29)16-17-26(31,18-8-4-3-5-9-18)27(24,25(30)32-2)19-12-14-20(28)15-13-19/h3-15,31H,16-17H2,1-2H3. The highest BCUT2D eigenvalue weighted by atomic mass is 79.9. The number of nitrogens with zero attached hydrogens (tertiary/aromatic N) is 1. The number of hydrogen-bond donors (Lipinski definition) is 1. The smallest absolute Gasteiger partial charge is 0.324 e. The minimum Gasteiger partial charge on any atom is -0.468 e. The molecule has 1 heterocycles. The average molecular weight is 490 g/mol. The number of carbonyl (C=O) groups is 1. The third kappa shape index (κ3) is 2.68. The molecular weight excluding hydrogens is 466 g/mol. The molecule has 4 aromatic rings. The van der Waals surface area contributed by atoms with Gasteiger partial charge in [-0.15, -0.1) is 0 Å². The first-order valence-electron chi connectivity index (χ1n) is 10.6. The van der Waals surface area contributed by atoms with Crippen LogP contribution in [0.2, 0.25) is 0 Å². The molecule has 0 saturated carbocycles. The van der Waals surface area contributed by atoms with Crippen molar-refractivity contribution in [2.24, 2.45) is 7.05 Å². The van der Waals surface area contributed by atoms with Crippen molar-refractivity contribution in [1.29, 1.82) is 0 Å². The van der Waals surface area contributed by atoms with Crippen LogP contribution in [0.15, 0.2) is 83.3 Å². The van der Waals surface area contributed by atoms with Crippen molar-refractivity contribution in [3.05, 3.63) is 106 Å². The van der Waals surface area contributed by atoms with E-state index in [1.165, 1.54) is 7.11 Å². The lowest BCUT2D eigenvalue weighted by Crippen LogP contribution is -2.58. The van der Waals surface area contributed by atoms with Crippen molar-refractivity contribution in [3.8, 4) is 0 Å². The van der Waals surface area contributed by atoms with Crippen molar-refractivity contribution < 1.29 is 14.6 Å². The van der Waals surface area contributed by atoms with Gasteiger partial charge in [0.05, 0.1) is 7.11 Å². The highest BCUT2D eigenvalue weighted by molar-refractivity contribution is 9.10. The maximum absolute atomic E-state index is 14.0. The lowest BCUT2D eigenvalue weighted by Gasteiger charge is -2.49. The molecule has 32 heavy (non-hydrogen) atoms. The molecule has 0 aliphatic heterocycles. The Morgan fingerprint density at radius 1 is 0.969 bits per heavy atom. The van der Waals surface area contributed by atoms with Gasteiger partial charge in [-0.25, -0.2) is 0 Å². The molecule has 5 heteroatoms. The number of para-hydroxylation sites is 1. The molecule has 5 rings (SSSR count). The van der Waals surface area contributed by atoms with Crippen LogP contribution in [0.4, 0.5) is 0 Å². The van der Waals surface area contributed by atoms with Crippen molar-refractivity contribution in [1.82, 2.24) is 4.57 Å². The van der Waals surface area contributed by atoms with Gasteiger partial charge < -0.3 is 14.4 Å². The number of hydrogen-bond acceptors (Lipinski definition) is 3. The molecule has 2 atom stereocenters. The van der Waals surface area contributed by atoms with Gasteiger partial charge in [-0.1, -0.05) is 76.6 Å². The predicted octanol–water partition coefficient (Wildman–Crippen LogP) is 5.23. The highest BCUT2D eigenvalue weighted by Gasteiger charge is 2.63. The van der Waals surface area contributed by atoms with E-state index in [1.54, 1.807) is 0 Å². The number of esters is 1. The molecule has 4 nitrogen and oxygen atoms in total. The summed E-state index contributed by atoms with van der Waals surface area (Å²) in [5.74, 6) is -0.469. The summed E-state index contributed by atoms with van der Waals surface area (Å²) in [6.07, 6.45) is 1.03. The number of benzene rings is 3. The number of aliphatic hydroxyl groups is 1. The average Bonchev–Trinajstić information content (AvgIpc) is 3.12. The van der Waals surface area contributed by atoms with Gasteiger partial charge in [0.25, 0.3) is 0 Å². The van der Waals surface area contributed by atoms with Crippen LogP contribution in [0, 0.1) is 0 Å². The number of aryl methyl sites for hydroxylation is 1. The van der Waals surface area contributed by atoms with E-state index in [0.717, 1.165) is 26.6 Å². The normalized spacial score (nSPS) is 22.5. The van der Waals surface area contributed by atoms with Crippen LogP contribution in [0.25, 0.3) is 10.9 Å². The van der Waals surface area contributed by atoms with Gasteiger partial charge in [0.1, 0.15) is 5.60 Å². The van der Waals surface area contributed by atoms with Gasteiger partial charge in [-0.3, -0.25) is 4.79 Å². The number of methoxy groups -OCH3 is 1. The topological polar surface area (TPSA) is 51.5 Å². The first kappa shape index (κ1) is 21.0. The summed E-state index contributed by atoms with van der Waals surface area (Å²) in [6, 6.07) is 25.2. The molecule has 0 spiro atoms. The maximum atomic E-state index is 14.0. The minimum atomic E-state index is -1.49. The lowest BCUT2D eigenvalue weighted by atomic mass is 9.55. The number of halogens is 1. The number of ether oxygens (including phenoxy) is 1. The molecule has 0 saturated heterocycles. The summed E-state index contributed by atoms with van der Waals surface area (Å²) in [4.78, 5) is 14.0. The molecular formula is C27H24BrNO3. The van der Waals surface area contributed by atoms with E-state index in [2.05, 4.69) is 26.6 Å². The van der Waals surface area contributed by atoms with Gasteiger partial charge >= 0.3 is 5.97 Å². The Morgan fingerprint density at radius 3 is 2.31 bits per heavy atom. The van der Waals surface area contributed by atoms with Crippen molar-refractivity contribution >= 4 is 32.8 Å². The monoisotopic (exact) mass is 489 g/mol. The molecule has 0 radical (unpaired) electrons. The zero-order chi connectivity index (χ0) is 22.5. The fourth-order valence-electron chi connectivity index (χ4n) is 5.55. The second-order valence-corrected chi connectivity index (χ2v) is 9.29. The molecule has 1 aromatic heterocycles. The van der Waals surface area contributed by atoms with Crippen LogP contribution in [-0.4, -0.2) is 22.8 Å². The summed E-state index contributed by atoms with van der Waals surface area (Å²) >= 11 is 3.51. The van der Waals surface area contributed by atoms with Crippen molar-refractivity contribution in [2.75, 3.05) is 7.11 Å².